The van der Waals surface area contributed by atoms with Crippen molar-refractivity contribution in [2.45, 2.75) is 43.2 Å². The lowest BCUT2D eigenvalue weighted by Gasteiger charge is -2.35. The Morgan fingerprint density at radius 3 is 2.71 bits per heavy atom. The minimum Gasteiger partial charge on any atom is -0.342 e. The van der Waals surface area contributed by atoms with E-state index < -0.39 is 10.0 Å². The zero-order chi connectivity index (χ0) is 19.7. The number of carbonyl (C=O) groups excluding carboxylic acids is 1. The molecule has 0 bridgehead atoms. The van der Waals surface area contributed by atoms with E-state index in [0.717, 1.165) is 50.1 Å². The Morgan fingerprint density at radius 1 is 1.21 bits per heavy atom. The van der Waals surface area contributed by atoms with Gasteiger partial charge < -0.3 is 9.42 Å². The van der Waals surface area contributed by atoms with Gasteiger partial charge in [-0.05, 0) is 38.2 Å². The Hall–Kier alpha value is -1.78. The van der Waals surface area contributed by atoms with Gasteiger partial charge in [0.05, 0.1) is 5.92 Å². The zero-order valence-electron chi connectivity index (χ0n) is 15.8. The molecule has 8 nitrogen and oxygen atoms in total. The number of nitrogens with zero attached hydrogens (tertiary/aromatic N) is 4. The SMILES string of the molecule is Cc1nc(-c2csc(S(=O)(=O)N3CCC[C@H](C(=O)N4CCCCC4)C3)c2)no1. The van der Waals surface area contributed by atoms with Crippen LogP contribution in [0.15, 0.2) is 20.2 Å². The number of aromatic nitrogens is 2. The molecule has 2 aromatic rings. The van der Waals surface area contributed by atoms with Gasteiger partial charge in [0.1, 0.15) is 4.21 Å². The highest BCUT2D eigenvalue weighted by Gasteiger charge is 2.36. The molecule has 0 spiro atoms. The Labute approximate surface area is 168 Å². The number of amides is 1. The predicted octanol–water partition coefficient (Wildman–Crippen LogP) is 2.52. The van der Waals surface area contributed by atoms with Crippen molar-refractivity contribution in [3.63, 3.8) is 0 Å². The highest BCUT2D eigenvalue weighted by atomic mass is 32.2. The first kappa shape index (κ1) is 19.5. The smallest absolute Gasteiger partial charge is 0.252 e. The molecule has 0 N–H and O–H groups in total. The van der Waals surface area contributed by atoms with Crippen LogP contribution in [0.1, 0.15) is 38.0 Å². The van der Waals surface area contributed by atoms with E-state index in [0.29, 0.717) is 30.2 Å². The third kappa shape index (κ3) is 3.85. The molecule has 2 fully saturated rings. The maximum absolute atomic E-state index is 13.1. The lowest BCUT2D eigenvalue weighted by Crippen LogP contribution is -2.47. The molecule has 28 heavy (non-hydrogen) atoms. The summed E-state index contributed by atoms with van der Waals surface area (Å²) in [5, 5.41) is 5.56. The van der Waals surface area contributed by atoms with E-state index in [-0.39, 0.29) is 22.6 Å². The Kier molecular flexibility index (Phi) is 5.52. The van der Waals surface area contributed by atoms with Crippen molar-refractivity contribution in [2.75, 3.05) is 26.2 Å². The average Bonchev–Trinajstić information content (AvgIpc) is 3.37. The Morgan fingerprint density at radius 2 is 2.00 bits per heavy atom. The molecule has 1 amide bonds. The second-order valence-corrected chi connectivity index (χ2v) is 10.5. The molecule has 0 radical (unpaired) electrons. The molecule has 10 heteroatoms. The molecule has 2 aliphatic rings. The molecule has 1 atom stereocenters. The number of piperidine rings is 2. The monoisotopic (exact) mass is 424 g/mol. The molecular formula is C18H24N4O4S2. The fraction of sp³-hybridized carbons (Fsp3) is 0.611. The molecule has 0 unspecified atom stereocenters. The molecule has 152 valence electrons. The van der Waals surface area contributed by atoms with Crippen molar-refractivity contribution in [2.24, 2.45) is 5.92 Å². The average molecular weight is 425 g/mol. The number of hydrogen-bond donors (Lipinski definition) is 0. The van der Waals surface area contributed by atoms with E-state index in [1.165, 1.54) is 4.31 Å². The van der Waals surface area contributed by atoms with Gasteiger partial charge in [0.25, 0.3) is 10.0 Å². The maximum atomic E-state index is 13.1. The van der Waals surface area contributed by atoms with Gasteiger partial charge in [-0.25, -0.2) is 8.42 Å². The van der Waals surface area contributed by atoms with E-state index in [1.807, 2.05) is 4.90 Å². The molecule has 2 aromatic heterocycles. The number of sulfonamides is 1. The van der Waals surface area contributed by atoms with Gasteiger partial charge in [0, 0.05) is 44.0 Å². The molecule has 0 aliphatic carbocycles. The molecule has 0 aromatic carbocycles. The van der Waals surface area contributed by atoms with E-state index in [4.69, 9.17) is 4.52 Å². The lowest BCUT2D eigenvalue weighted by atomic mass is 9.97. The van der Waals surface area contributed by atoms with Gasteiger partial charge in [-0.1, -0.05) is 5.16 Å². The summed E-state index contributed by atoms with van der Waals surface area (Å²) in [7, 11) is -3.64. The minimum atomic E-state index is -3.64. The molecule has 0 saturated carbocycles. The van der Waals surface area contributed by atoms with Crippen LogP contribution in [-0.4, -0.2) is 59.8 Å². The summed E-state index contributed by atoms with van der Waals surface area (Å²) in [6.07, 6.45) is 4.68. The van der Waals surface area contributed by atoms with Crippen LogP contribution in [0.4, 0.5) is 0 Å². The second kappa shape index (κ2) is 7.92. The number of thiophene rings is 1. The third-order valence-electron chi connectivity index (χ3n) is 5.36. The number of likely N-dealkylation sites (tertiary alicyclic amines) is 1. The first-order valence-electron chi connectivity index (χ1n) is 9.63. The van der Waals surface area contributed by atoms with Crippen molar-refractivity contribution in [1.82, 2.24) is 19.3 Å². The molecule has 2 aliphatic heterocycles. The lowest BCUT2D eigenvalue weighted by molar-refractivity contribution is -0.137. The number of aryl methyl sites for hydroxylation is 1. The number of carbonyl (C=O) groups is 1. The summed E-state index contributed by atoms with van der Waals surface area (Å²) in [4.78, 5) is 18.9. The quantitative estimate of drug-likeness (QED) is 0.748. The largest absolute Gasteiger partial charge is 0.342 e. The minimum absolute atomic E-state index is 0.105. The van der Waals surface area contributed by atoms with Gasteiger partial charge in [-0.2, -0.15) is 9.29 Å². The highest BCUT2D eigenvalue weighted by Crippen LogP contribution is 2.31. The summed E-state index contributed by atoms with van der Waals surface area (Å²) in [5.74, 6) is 0.669. The van der Waals surface area contributed by atoms with Crippen LogP contribution in [0, 0.1) is 12.8 Å². The van der Waals surface area contributed by atoms with E-state index in [1.54, 1.807) is 18.4 Å². The van der Waals surface area contributed by atoms with Crippen LogP contribution in [0.2, 0.25) is 0 Å². The summed E-state index contributed by atoms with van der Waals surface area (Å²) in [6.45, 7) is 3.97. The van der Waals surface area contributed by atoms with Gasteiger partial charge in [0.2, 0.25) is 17.6 Å². The predicted molar refractivity (Wildman–Crippen MR) is 104 cm³/mol. The fourth-order valence-electron chi connectivity index (χ4n) is 3.85. The first-order valence-corrected chi connectivity index (χ1v) is 12.0. The van der Waals surface area contributed by atoms with Crippen molar-refractivity contribution < 1.29 is 17.7 Å². The zero-order valence-corrected chi connectivity index (χ0v) is 17.5. The van der Waals surface area contributed by atoms with Crippen LogP contribution in [0.25, 0.3) is 11.4 Å². The fourth-order valence-corrected chi connectivity index (χ4v) is 6.68. The van der Waals surface area contributed by atoms with Gasteiger partial charge in [-0.3, -0.25) is 4.79 Å². The van der Waals surface area contributed by atoms with E-state index in [2.05, 4.69) is 10.1 Å². The standard InChI is InChI=1S/C18H24N4O4S2/c1-13-19-17(20-26-13)15-10-16(27-12-15)28(24,25)22-9-5-6-14(11-22)18(23)21-7-3-2-4-8-21/h10,12,14H,2-9,11H2,1H3/t14-/m0/s1. The summed E-state index contributed by atoms with van der Waals surface area (Å²) < 4.78 is 32.9. The summed E-state index contributed by atoms with van der Waals surface area (Å²) >= 11 is 1.15. The van der Waals surface area contributed by atoms with Crippen molar-refractivity contribution in [1.29, 1.82) is 0 Å². The van der Waals surface area contributed by atoms with Crippen LogP contribution >= 0.6 is 11.3 Å². The van der Waals surface area contributed by atoms with Crippen LogP contribution in [0.3, 0.4) is 0 Å². The maximum Gasteiger partial charge on any atom is 0.252 e. The molecular weight excluding hydrogens is 400 g/mol. The van der Waals surface area contributed by atoms with Gasteiger partial charge in [0.15, 0.2) is 0 Å². The van der Waals surface area contributed by atoms with Gasteiger partial charge >= 0.3 is 0 Å². The number of hydrogen-bond acceptors (Lipinski definition) is 7. The summed E-state index contributed by atoms with van der Waals surface area (Å²) in [5.41, 5.74) is 0.623. The Balaban J connectivity index is 1.49. The molecule has 4 heterocycles. The first-order chi connectivity index (χ1) is 13.4. The van der Waals surface area contributed by atoms with Crippen molar-refractivity contribution in [3.8, 4) is 11.4 Å². The summed E-state index contributed by atoms with van der Waals surface area (Å²) in [6, 6.07) is 1.58. The normalized spacial score (nSPS) is 21.8. The molecule has 4 rings (SSSR count). The van der Waals surface area contributed by atoms with Gasteiger partial charge in [-0.15, -0.1) is 11.3 Å². The van der Waals surface area contributed by atoms with Crippen molar-refractivity contribution >= 4 is 27.3 Å². The van der Waals surface area contributed by atoms with Crippen LogP contribution < -0.4 is 0 Å². The highest BCUT2D eigenvalue weighted by molar-refractivity contribution is 7.91. The van der Waals surface area contributed by atoms with E-state index in [9.17, 15) is 13.2 Å². The van der Waals surface area contributed by atoms with Crippen LogP contribution in [-0.2, 0) is 14.8 Å². The second-order valence-electron chi connectivity index (χ2n) is 7.38. The molecule has 2 saturated heterocycles. The number of rotatable bonds is 4. The Bertz CT molecular complexity index is 946. The van der Waals surface area contributed by atoms with E-state index >= 15 is 0 Å². The van der Waals surface area contributed by atoms with Crippen LogP contribution in [0.5, 0.6) is 0 Å². The van der Waals surface area contributed by atoms with Crippen molar-refractivity contribution in [3.05, 3.63) is 17.3 Å². The topological polar surface area (TPSA) is 96.6 Å². The third-order valence-corrected chi connectivity index (χ3v) is 8.64.